The minimum Gasteiger partial charge on any atom is -0.457 e. The number of aromatic amines is 2. The molecule has 0 saturated heterocycles. The largest absolute Gasteiger partial charge is 0.457 e. The van der Waals surface area contributed by atoms with Crippen LogP contribution in [0.2, 0.25) is 0 Å². The van der Waals surface area contributed by atoms with Gasteiger partial charge in [0.2, 0.25) is 0 Å². The van der Waals surface area contributed by atoms with Gasteiger partial charge in [-0.2, -0.15) is 0 Å². The van der Waals surface area contributed by atoms with Crippen molar-refractivity contribution in [3.63, 3.8) is 0 Å². The zero-order chi connectivity index (χ0) is 41.2. The fourth-order valence-electron chi connectivity index (χ4n) is 8.30. The summed E-state index contributed by atoms with van der Waals surface area (Å²) in [6.45, 7) is 13.3. The number of nitrogens with zero attached hydrogens (tertiary/aromatic N) is 3. The van der Waals surface area contributed by atoms with Gasteiger partial charge in [0.25, 0.3) is 0 Å². The predicted molar refractivity (Wildman–Crippen MR) is 252 cm³/mol. The average molecular weight is 782 g/mol. The Morgan fingerprint density at radius 1 is 0.483 bits per heavy atom. The fraction of sp³-hybridized carbons (Fsp3) is 0.148. The topological polar surface area (TPSA) is 74.9 Å². The second-order valence-electron chi connectivity index (χ2n) is 17.7. The van der Waals surface area contributed by atoms with E-state index in [1.807, 2.05) is 12.1 Å². The molecule has 0 amide bonds. The maximum atomic E-state index is 6.83. The summed E-state index contributed by atoms with van der Waals surface area (Å²) in [7, 11) is 0. The first-order valence-electron chi connectivity index (χ1n) is 20.7. The number of hydrogen-bond acceptors (Lipinski definition) is 3. The summed E-state index contributed by atoms with van der Waals surface area (Å²) in [6, 6.07) is 57.7. The third-order valence-electron chi connectivity index (χ3n) is 11.4. The van der Waals surface area contributed by atoms with Crippen LogP contribution < -0.4 is 0 Å². The van der Waals surface area contributed by atoms with Crippen molar-refractivity contribution in [1.29, 1.82) is 0 Å². The highest BCUT2D eigenvalue weighted by molar-refractivity contribution is 6.13. The van der Waals surface area contributed by atoms with E-state index < -0.39 is 0 Å². The molecule has 6 nitrogen and oxygen atoms in total. The second-order valence-corrected chi connectivity index (χ2v) is 17.7. The first kappa shape index (κ1) is 37.1. The van der Waals surface area contributed by atoms with Crippen molar-refractivity contribution >= 4 is 82.5 Å². The number of fused-ring (bicyclic) bond motifs is 14. The van der Waals surface area contributed by atoms with Crippen LogP contribution in [0.25, 0.3) is 93.6 Å². The normalized spacial score (nSPS) is 12.2. The summed E-state index contributed by atoms with van der Waals surface area (Å²) < 4.78 is 9.12. The molecule has 4 aromatic heterocycles. The van der Waals surface area contributed by atoms with E-state index in [2.05, 4.69) is 208 Å². The molecule has 6 bridgehead atoms. The standard InChI is InChI=1S/C54H47N5O/c1-53(2,3)35-29-46-40-20-11-10-19-39(40)43-23-16-22-38(34-17-8-7-9-18-34)52(43)57-45-25-14-13-24-44(45)55-50-33-37(32-49(58-50)54(4,5)6)60-36-27-28-42-41-21-12-15-26-47(41)59(48(42)31-36)51(30-35)56-46/h7-33,57H,1-6H3,(H,55,58). The maximum absolute atomic E-state index is 6.83. The molecule has 0 atom stereocenters. The van der Waals surface area contributed by atoms with Crippen LogP contribution >= 0.6 is 0 Å². The zero-order valence-electron chi connectivity index (χ0n) is 34.8. The summed E-state index contributed by atoms with van der Waals surface area (Å²) in [5.74, 6) is 0. The maximum Gasteiger partial charge on any atom is 0.138 e. The first-order chi connectivity index (χ1) is 29.0. The number of pyridine rings is 2. The van der Waals surface area contributed by atoms with Gasteiger partial charge in [-0.05, 0) is 64.4 Å². The Labute approximate surface area is 348 Å². The summed E-state index contributed by atoms with van der Waals surface area (Å²) in [4.78, 5) is 18.4. The summed E-state index contributed by atoms with van der Waals surface area (Å²) in [5, 5.41) is 5.47. The van der Waals surface area contributed by atoms with E-state index in [1.165, 1.54) is 5.56 Å². The van der Waals surface area contributed by atoms with E-state index in [0.717, 1.165) is 88.1 Å². The number of para-hydroxylation sites is 4. The van der Waals surface area contributed by atoms with E-state index in [0.29, 0.717) is 11.2 Å². The number of benzene rings is 6. The van der Waals surface area contributed by atoms with E-state index in [-0.39, 0.29) is 10.8 Å². The molecule has 0 spiro atoms. The van der Waals surface area contributed by atoms with Gasteiger partial charge in [0.1, 0.15) is 22.5 Å². The Balaban J connectivity index is 1.51. The van der Waals surface area contributed by atoms with Crippen LogP contribution in [-0.4, -0.2) is 24.3 Å². The van der Waals surface area contributed by atoms with Gasteiger partial charge in [-0.3, -0.25) is 4.40 Å². The highest BCUT2D eigenvalue weighted by Gasteiger charge is 2.19. The van der Waals surface area contributed by atoms with Crippen molar-refractivity contribution < 1.29 is 4.42 Å². The molecule has 0 unspecified atom stereocenters. The minimum absolute atomic E-state index is 0.163. The molecule has 0 aliphatic rings. The van der Waals surface area contributed by atoms with Gasteiger partial charge in [-0.25, -0.2) is 9.97 Å². The van der Waals surface area contributed by atoms with E-state index >= 15 is 0 Å². The van der Waals surface area contributed by atoms with Crippen molar-refractivity contribution in [2.75, 3.05) is 0 Å². The number of nitrogens with one attached hydrogen (secondary N) is 2. The van der Waals surface area contributed by atoms with Crippen LogP contribution in [0.15, 0.2) is 168 Å². The van der Waals surface area contributed by atoms with Gasteiger partial charge in [0.15, 0.2) is 0 Å². The molecule has 0 aliphatic heterocycles. The lowest BCUT2D eigenvalue weighted by molar-refractivity contribution is 0.567. The molecule has 60 heavy (non-hydrogen) atoms. The molecule has 6 aromatic carbocycles. The molecule has 4 heterocycles. The summed E-state index contributed by atoms with van der Waals surface area (Å²) in [5.41, 5.74) is 12.7. The van der Waals surface area contributed by atoms with Gasteiger partial charge < -0.3 is 14.4 Å². The molecule has 6 heteroatoms. The highest BCUT2D eigenvalue weighted by atomic mass is 16.3. The van der Waals surface area contributed by atoms with Crippen LogP contribution in [0.1, 0.15) is 52.8 Å². The van der Waals surface area contributed by atoms with Gasteiger partial charge in [-0.15, -0.1) is 0 Å². The Hall–Kier alpha value is -7.18. The van der Waals surface area contributed by atoms with E-state index in [1.54, 1.807) is 0 Å². The van der Waals surface area contributed by atoms with Crippen molar-refractivity contribution in [2.45, 2.75) is 52.4 Å². The third-order valence-corrected chi connectivity index (χ3v) is 11.4. The monoisotopic (exact) mass is 781 g/mol. The van der Waals surface area contributed by atoms with Crippen molar-refractivity contribution in [2.24, 2.45) is 0 Å². The Kier molecular flexibility index (Phi) is 8.83. The van der Waals surface area contributed by atoms with Crippen molar-refractivity contribution in [1.82, 2.24) is 24.3 Å². The van der Waals surface area contributed by atoms with Crippen LogP contribution in [0.3, 0.4) is 0 Å². The molecule has 294 valence electrons. The van der Waals surface area contributed by atoms with Crippen LogP contribution in [0, 0.1) is 0 Å². The number of rotatable bonds is 1. The summed E-state index contributed by atoms with van der Waals surface area (Å²) in [6.07, 6.45) is 0. The van der Waals surface area contributed by atoms with Crippen LogP contribution in [0.4, 0.5) is 0 Å². The van der Waals surface area contributed by atoms with Crippen LogP contribution in [0.5, 0.6) is 0 Å². The lowest BCUT2D eigenvalue weighted by Gasteiger charge is -2.19. The molecule has 0 radical (unpaired) electrons. The highest BCUT2D eigenvalue weighted by Crippen LogP contribution is 2.35. The molecule has 10 aromatic rings. The van der Waals surface area contributed by atoms with Gasteiger partial charge >= 0.3 is 0 Å². The Morgan fingerprint density at radius 3 is 1.92 bits per heavy atom. The van der Waals surface area contributed by atoms with Gasteiger partial charge in [0.05, 0.1) is 38.8 Å². The average Bonchev–Trinajstić information content (AvgIpc) is 3.57. The fourth-order valence-corrected chi connectivity index (χ4v) is 8.30. The van der Waals surface area contributed by atoms with E-state index in [9.17, 15) is 0 Å². The lowest BCUT2D eigenvalue weighted by Crippen LogP contribution is -2.13. The Bertz CT molecular complexity index is 3510. The van der Waals surface area contributed by atoms with Gasteiger partial charge in [-0.1, -0.05) is 145 Å². The molecule has 10 rings (SSSR count). The van der Waals surface area contributed by atoms with E-state index in [4.69, 9.17) is 14.4 Å². The quantitative estimate of drug-likeness (QED) is 0.174. The predicted octanol–water partition coefficient (Wildman–Crippen LogP) is 14.7. The first-order valence-corrected chi connectivity index (χ1v) is 20.7. The lowest BCUT2D eigenvalue weighted by atomic mass is 9.87. The Morgan fingerprint density at radius 2 is 1.15 bits per heavy atom. The number of hydrogen-bond donors (Lipinski definition) is 2. The van der Waals surface area contributed by atoms with Crippen LogP contribution in [-0.2, 0) is 10.8 Å². The molecule has 0 saturated carbocycles. The SMILES string of the molecule is CC(C)(C)c1cc2nc(c1)n1c3ccccc3c3ccc(cc31)oc1cc(C(C)(C)C)nc(c1)[nH]c1ccccc1[nH]c1c(-c3ccccc3)cccc1c1ccccc21. The third kappa shape index (κ3) is 6.74. The number of H-pyrrole nitrogens is 2. The molecule has 0 aliphatic carbocycles. The van der Waals surface area contributed by atoms with Gasteiger partial charge in [0, 0.05) is 50.7 Å². The second kappa shape index (κ2) is 14.3. The summed E-state index contributed by atoms with van der Waals surface area (Å²) >= 11 is 0. The molecule has 2 N–H and O–H groups in total. The minimum atomic E-state index is -0.239. The zero-order valence-corrected chi connectivity index (χ0v) is 34.8. The van der Waals surface area contributed by atoms with Crippen molar-refractivity contribution in [3.8, 4) is 11.1 Å². The smallest absolute Gasteiger partial charge is 0.138 e. The molecular weight excluding hydrogens is 735 g/mol. The molecular formula is C54H47N5O. The molecule has 0 fully saturated rings. The number of aromatic nitrogens is 5. The van der Waals surface area contributed by atoms with Crippen molar-refractivity contribution in [3.05, 3.63) is 175 Å².